The van der Waals surface area contributed by atoms with Gasteiger partial charge in [0.05, 0.1) is 6.10 Å². The zero-order valence-electron chi connectivity index (χ0n) is 14.7. The van der Waals surface area contributed by atoms with Crippen LogP contribution in [0.3, 0.4) is 0 Å². The van der Waals surface area contributed by atoms with Crippen LogP contribution < -0.4 is 5.32 Å². The van der Waals surface area contributed by atoms with Crippen LogP contribution in [0, 0.1) is 0 Å². The molecule has 0 atom stereocenters. The first-order valence-electron chi connectivity index (χ1n) is 9.00. The van der Waals surface area contributed by atoms with Crippen molar-refractivity contribution in [3.05, 3.63) is 34.3 Å². The highest BCUT2D eigenvalue weighted by molar-refractivity contribution is 9.10. The Balaban J connectivity index is 1.55. The fraction of sp³-hybridized carbons (Fsp3) is 0.632. The number of aliphatic imine (C=N–C) groups is 1. The molecule has 1 aliphatic heterocycles. The molecule has 1 aromatic carbocycles. The van der Waals surface area contributed by atoms with E-state index in [9.17, 15) is 0 Å². The lowest BCUT2D eigenvalue weighted by molar-refractivity contribution is 0.0263. The van der Waals surface area contributed by atoms with Crippen molar-refractivity contribution in [1.82, 2.24) is 10.2 Å². The Morgan fingerprint density at radius 3 is 2.71 bits per heavy atom. The molecule has 132 valence electrons. The lowest BCUT2D eigenvalue weighted by atomic mass is 9.96. The number of piperidine rings is 1. The first-order chi connectivity index (χ1) is 11.7. The molecule has 0 unspecified atom stereocenters. The van der Waals surface area contributed by atoms with Crippen LogP contribution in [0.25, 0.3) is 0 Å². The summed E-state index contributed by atoms with van der Waals surface area (Å²) in [6.45, 7) is 5.89. The van der Waals surface area contributed by atoms with Gasteiger partial charge in [0.15, 0.2) is 5.96 Å². The van der Waals surface area contributed by atoms with Crippen molar-refractivity contribution in [2.75, 3.05) is 33.3 Å². The smallest absolute Gasteiger partial charge is 0.193 e. The zero-order valence-corrected chi connectivity index (χ0v) is 16.3. The second-order valence-corrected chi connectivity index (χ2v) is 7.75. The number of likely N-dealkylation sites (tertiary alicyclic amines) is 1. The van der Waals surface area contributed by atoms with Crippen LogP contribution >= 0.6 is 15.9 Å². The Morgan fingerprint density at radius 2 is 2.12 bits per heavy atom. The van der Waals surface area contributed by atoms with E-state index in [4.69, 9.17) is 4.74 Å². The van der Waals surface area contributed by atoms with Crippen molar-refractivity contribution < 1.29 is 4.74 Å². The average molecular weight is 394 g/mol. The predicted molar refractivity (Wildman–Crippen MR) is 103 cm³/mol. The van der Waals surface area contributed by atoms with Crippen LogP contribution in [0.2, 0.25) is 0 Å². The Labute approximate surface area is 153 Å². The standard InChI is InChI=1S/C19H28BrN3O/c1-3-24-17-7-11-23(12-8-17)18(21-2)22-14-19(9-10-19)15-5-4-6-16(20)13-15/h4-6,13,17H,3,7-12,14H2,1-2H3,(H,21,22). The van der Waals surface area contributed by atoms with Crippen LogP contribution in [0.5, 0.6) is 0 Å². The molecule has 0 bridgehead atoms. The minimum Gasteiger partial charge on any atom is -0.378 e. The summed E-state index contributed by atoms with van der Waals surface area (Å²) in [7, 11) is 1.88. The van der Waals surface area contributed by atoms with Crippen LogP contribution in [-0.2, 0) is 10.2 Å². The van der Waals surface area contributed by atoms with E-state index in [2.05, 4.69) is 62.3 Å². The molecule has 1 saturated heterocycles. The normalized spacial score (nSPS) is 21.0. The number of nitrogens with one attached hydrogen (secondary N) is 1. The van der Waals surface area contributed by atoms with Crippen molar-refractivity contribution >= 4 is 21.9 Å². The van der Waals surface area contributed by atoms with Crippen molar-refractivity contribution in [2.24, 2.45) is 4.99 Å². The maximum atomic E-state index is 5.75. The third-order valence-electron chi connectivity index (χ3n) is 5.23. The third-order valence-corrected chi connectivity index (χ3v) is 5.72. The summed E-state index contributed by atoms with van der Waals surface area (Å²) in [5.74, 6) is 1.03. The topological polar surface area (TPSA) is 36.9 Å². The highest BCUT2D eigenvalue weighted by Crippen LogP contribution is 2.48. The van der Waals surface area contributed by atoms with Crippen LogP contribution in [0.1, 0.15) is 38.2 Å². The number of halogens is 1. The monoisotopic (exact) mass is 393 g/mol. The van der Waals surface area contributed by atoms with Crippen LogP contribution in [0.4, 0.5) is 0 Å². The molecule has 2 aliphatic rings. The number of ether oxygens (including phenoxy) is 1. The fourth-order valence-corrected chi connectivity index (χ4v) is 3.99. The average Bonchev–Trinajstić information content (AvgIpc) is 3.38. The lowest BCUT2D eigenvalue weighted by Gasteiger charge is -2.34. The molecule has 5 heteroatoms. The molecule has 1 aliphatic carbocycles. The van der Waals surface area contributed by atoms with Crippen molar-refractivity contribution in [2.45, 2.75) is 44.1 Å². The molecule has 0 spiro atoms. The molecule has 0 aromatic heterocycles. The SMILES string of the molecule is CCOC1CCN(C(=NC)NCC2(c3cccc(Br)c3)CC2)CC1. The van der Waals surface area contributed by atoms with Gasteiger partial charge >= 0.3 is 0 Å². The summed E-state index contributed by atoms with van der Waals surface area (Å²) < 4.78 is 6.91. The first kappa shape index (κ1) is 17.7. The highest BCUT2D eigenvalue weighted by atomic mass is 79.9. The van der Waals surface area contributed by atoms with Gasteiger partial charge in [0.2, 0.25) is 0 Å². The van der Waals surface area contributed by atoms with Crippen molar-refractivity contribution in [1.29, 1.82) is 0 Å². The molecule has 0 radical (unpaired) electrons. The van der Waals surface area contributed by atoms with E-state index in [-0.39, 0.29) is 5.41 Å². The van der Waals surface area contributed by atoms with Crippen molar-refractivity contribution in [3.8, 4) is 0 Å². The van der Waals surface area contributed by atoms with E-state index in [1.54, 1.807) is 0 Å². The largest absolute Gasteiger partial charge is 0.378 e. The molecule has 2 fully saturated rings. The minimum atomic E-state index is 0.281. The first-order valence-corrected chi connectivity index (χ1v) is 9.79. The minimum absolute atomic E-state index is 0.281. The number of nitrogens with zero attached hydrogens (tertiary/aromatic N) is 2. The van der Waals surface area contributed by atoms with Gasteiger partial charge in [0.1, 0.15) is 0 Å². The Morgan fingerprint density at radius 1 is 1.38 bits per heavy atom. The molecule has 4 nitrogen and oxygen atoms in total. The van der Waals surface area contributed by atoms with Gasteiger partial charge in [0.25, 0.3) is 0 Å². The van der Waals surface area contributed by atoms with Gasteiger partial charge in [0, 0.05) is 43.2 Å². The second kappa shape index (κ2) is 7.87. The van der Waals surface area contributed by atoms with Gasteiger partial charge in [-0.05, 0) is 50.3 Å². The van der Waals surface area contributed by atoms with Gasteiger partial charge in [-0.2, -0.15) is 0 Å². The van der Waals surface area contributed by atoms with E-state index in [1.165, 1.54) is 18.4 Å². The number of guanidine groups is 1. The second-order valence-electron chi connectivity index (χ2n) is 6.83. The quantitative estimate of drug-likeness (QED) is 0.613. The van der Waals surface area contributed by atoms with E-state index < -0.39 is 0 Å². The third kappa shape index (κ3) is 4.12. The maximum absolute atomic E-state index is 5.75. The number of hydrogen-bond donors (Lipinski definition) is 1. The Hall–Kier alpha value is -1.07. The summed E-state index contributed by atoms with van der Waals surface area (Å²) in [5, 5.41) is 3.63. The number of rotatable bonds is 5. The fourth-order valence-electron chi connectivity index (χ4n) is 3.59. The molecular weight excluding hydrogens is 366 g/mol. The van der Waals surface area contributed by atoms with E-state index >= 15 is 0 Å². The van der Waals surface area contributed by atoms with Gasteiger partial charge in [-0.3, -0.25) is 4.99 Å². The summed E-state index contributed by atoms with van der Waals surface area (Å²) >= 11 is 3.59. The Bertz CT molecular complexity index is 578. The van der Waals surface area contributed by atoms with Crippen LogP contribution in [-0.4, -0.2) is 50.3 Å². The maximum Gasteiger partial charge on any atom is 0.193 e. The van der Waals surface area contributed by atoms with Gasteiger partial charge in [-0.15, -0.1) is 0 Å². The summed E-state index contributed by atoms with van der Waals surface area (Å²) in [5.41, 5.74) is 1.71. The molecule has 1 heterocycles. The van der Waals surface area contributed by atoms with Gasteiger partial charge in [-0.1, -0.05) is 28.1 Å². The molecule has 1 saturated carbocycles. The van der Waals surface area contributed by atoms with Gasteiger partial charge < -0.3 is 15.0 Å². The zero-order chi connectivity index (χ0) is 17.0. The molecule has 0 amide bonds. The summed E-state index contributed by atoms with van der Waals surface area (Å²) in [6, 6.07) is 8.72. The number of hydrogen-bond acceptors (Lipinski definition) is 2. The van der Waals surface area contributed by atoms with Gasteiger partial charge in [-0.25, -0.2) is 0 Å². The highest BCUT2D eigenvalue weighted by Gasteiger charge is 2.44. The molecule has 3 rings (SSSR count). The summed E-state index contributed by atoms with van der Waals surface area (Å²) in [4.78, 5) is 6.87. The molecule has 24 heavy (non-hydrogen) atoms. The van der Waals surface area contributed by atoms with Crippen LogP contribution in [0.15, 0.2) is 33.7 Å². The van der Waals surface area contributed by atoms with E-state index in [1.807, 2.05) is 7.05 Å². The van der Waals surface area contributed by atoms with E-state index in [0.717, 1.165) is 49.5 Å². The number of benzene rings is 1. The van der Waals surface area contributed by atoms with Crippen molar-refractivity contribution in [3.63, 3.8) is 0 Å². The predicted octanol–water partition coefficient (Wildman–Crippen LogP) is 3.56. The lowest BCUT2D eigenvalue weighted by Crippen LogP contribution is -2.48. The molecule has 1 N–H and O–H groups in total. The molecular formula is C19H28BrN3O. The Kier molecular flexibility index (Phi) is 5.82. The molecule has 1 aromatic rings. The van der Waals surface area contributed by atoms with E-state index in [0.29, 0.717) is 6.10 Å². The summed E-state index contributed by atoms with van der Waals surface area (Å²) in [6.07, 6.45) is 5.09.